The van der Waals surface area contributed by atoms with Gasteiger partial charge < -0.3 is 4.98 Å². The molecule has 1 saturated carbocycles. The first-order valence-corrected chi connectivity index (χ1v) is 7.96. The highest BCUT2D eigenvalue weighted by atomic mass is 15.3. The van der Waals surface area contributed by atoms with Crippen LogP contribution >= 0.6 is 0 Å². The monoisotopic (exact) mass is 306 g/mol. The Morgan fingerprint density at radius 3 is 3.09 bits per heavy atom. The fourth-order valence-corrected chi connectivity index (χ4v) is 3.59. The number of aromatic nitrogens is 5. The Labute approximate surface area is 134 Å². The van der Waals surface area contributed by atoms with Crippen molar-refractivity contribution in [3.8, 4) is 17.3 Å². The minimum Gasteiger partial charge on any atom is -0.346 e. The molecule has 0 radical (unpaired) electrons. The second-order valence-corrected chi connectivity index (χ2v) is 6.44. The zero-order valence-electron chi connectivity index (χ0n) is 13.0. The molecule has 1 aliphatic rings. The molecule has 0 amide bonds. The van der Waals surface area contributed by atoms with Crippen LogP contribution in [0.1, 0.15) is 32.2 Å². The van der Waals surface area contributed by atoms with Gasteiger partial charge in [0.05, 0.1) is 30.4 Å². The number of fused-ring (bicyclic) bond motifs is 1. The van der Waals surface area contributed by atoms with Crippen LogP contribution < -0.4 is 0 Å². The van der Waals surface area contributed by atoms with Crippen molar-refractivity contribution >= 4 is 11.0 Å². The van der Waals surface area contributed by atoms with Crippen molar-refractivity contribution in [1.29, 1.82) is 5.26 Å². The zero-order chi connectivity index (χ0) is 15.8. The predicted octanol–water partition coefficient (Wildman–Crippen LogP) is 3.32. The summed E-state index contributed by atoms with van der Waals surface area (Å²) in [6, 6.07) is 4.45. The van der Waals surface area contributed by atoms with Crippen LogP contribution in [0.4, 0.5) is 0 Å². The van der Waals surface area contributed by atoms with Crippen LogP contribution in [0.15, 0.2) is 31.0 Å². The highest BCUT2D eigenvalue weighted by molar-refractivity contribution is 5.89. The number of rotatable bonds is 4. The second kappa shape index (κ2) is 5.51. The van der Waals surface area contributed by atoms with E-state index >= 15 is 0 Å². The van der Waals surface area contributed by atoms with Crippen molar-refractivity contribution in [3.05, 3.63) is 31.0 Å². The molecule has 6 heteroatoms. The Balaban J connectivity index is 1.68. The molecule has 3 heterocycles. The number of hydrogen-bond acceptors (Lipinski definition) is 4. The highest BCUT2D eigenvalue weighted by Crippen LogP contribution is 2.42. The minimum absolute atomic E-state index is 0.161. The van der Waals surface area contributed by atoms with E-state index in [9.17, 15) is 0 Å². The highest BCUT2D eigenvalue weighted by Gasteiger charge is 2.34. The molecule has 4 rings (SSSR count). The normalized spacial score (nSPS) is 21.7. The largest absolute Gasteiger partial charge is 0.346 e. The quantitative estimate of drug-likeness (QED) is 0.801. The molecule has 1 N–H and O–H groups in total. The molecular formula is C17H18N6. The fourth-order valence-electron chi connectivity index (χ4n) is 3.59. The van der Waals surface area contributed by atoms with Crippen LogP contribution in [0.3, 0.4) is 0 Å². The second-order valence-electron chi connectivity index (χ2n) is 6.44. The van der Waals surface area contributed by atoms with Gasteiger partial charge in [-0.1, -0.05) is 6.92 Å². The van der Waals surface area contributed by atoms with Crippen LogP contribution in [0, 0.1) is 23.2 Å². The van der Waals surface area contributed by atoms with E-state index in [1.165, 1.54) is 12.8 Å². The molecule has 1 atom stereocenters. The summed E-state index contributed by atoms with van der Waals surface area (Å²) in [6.07, 6.45) is 10.1. The van der Waals surface area contributed by atoms with Gasteiger partial charge in [0.1, 0.15) is 12.0 Å². The first-order valence-electron chi connectivity index (χ1n) is 7.96. The molecule has 23 heavy (non-hydrogen) atoms. The third kappa shape index (κ3) is 2.38. The SMILES string of the molecule is C[C@H]1C[C@H]([C@H](CC#N)n2cc(-c3ncnc4[nH]ccc34)cn2)C1. The Bertz CT molecular complexity index is 864. The first kappa shape index (κ1) is 13.9. The zero-order valence-corrected chi connectivity index (χ0v) is 13.0. The Morgan fingerprint density at radius 1 is 1.43 bits per heavy atom. The molecule has 1 aliphatic carbocycles. The van der Waals surface area contributed by atoms with E-state index in [2.05, 4.69) is 33.0 Å². The number of H-pyrrole nitrogens is 1. The van der Waals surface area contributed by atoms with E-state index in [1.54, 1.807) is 6.33 Å². The number of nitriles is 1. The number of aromatic amines is 1. The van der Waals surface area contributed by atoms with E-state index < -0.39 is 0 Å². The van der Waals surface area contributed by atoms with Gasteiger partial charge in [-0.25, -0.2) is 9.97 Å². The average molecular weight is 306 g/mol. The van der Waals surface area contributed by atoms with Gasteiger partial charge in [0, 0.05) is 23.3 Å². The van der Waals surface area contributed by atoms with Crippen LogP contribution in [-0.2, 0) is 0 Å². The molecule has 0 saturated heterocycles. The Hall–Kier alpha value is -2.68. The van der Waals surface area contributed by atoms with Crippen LogP contribution in [0.5, 0.6) is 0 Å². The van der Waals surface area contributed by atoms with Crippen LogP contribution in [0.25, 0.3) is 22.3 Å². The van der Waals surface area contributed by atoms with Gasteiger partial charge in [-0.15, -0.1) is 0 Å². The van der Waals surface area contributed by atoms with Crippen molar-refractivity contribution in [3.63, 3.8) is 0 Å². The molecule has 6 nitrogen and oxygen atoms in total. The number of nitrogens with zero attached hydrogens (tertiary/aromatic N) is 5. The molecular weight excluding hydrogens is 288 g/mol. The third-order valence-electron chi connectivity index (χ3n) is 4.82. The molecule has 0 unspecified atom stereocenters. The number of hydrogen-bond donors (Lipinski definition) is 1. The van der Waals surface area contributed by atoms with Crippen molar-refractivity contribution in [2.45, 2.75) is 32.2 Å². The summed E-state index contributed by atoms with van der Waals surface area (Å²) in [4.78, 5) is 11.7. The van der Waals surface area contributed by atoms with Gasteiger partial charge in [-0.05, 0) is 30.7 Å². The summed E-state index contributed by atoms with van der Waals surface area (Å²) in [5.74, 6) is 1.31. The molecule has 3 aromatic rings. The minimum atomic E-state index is 0.161. The molecule has 1 fully saturated rings. The lowest BCUT2D eigenvalue weighted by molar-refractivity contribution is 0.134. The molecule has 3 aromatic heterocycles. The molecule has 0 aromatic carbocycles. The number of nitrogens with one attached hydrogen (secondary N) is 1. The maximum absolute atomic E-state index is 9.15. The van der Waals surface area contributed by atoms with Crippen LogP contribution in [-0.4, -0.2) is 24.7 Å². The summed E-state index contributed by atoms with van der Waals surface area (Å²) >= 11 is 0. The summed E-state index contributed by atoms with van der Waals surface area (Å²) in [5.41, 5.74) is 2.66. The van der Waals surface area contributed by atoms with Crippen molar-refractivity contribution < 1.29 is 0 Å². The van der Waals surface area contributed by atoms with E-state index in [1.807, 2.05) is 29.3 Å². The summed E-state index contributed by atoms with van der Waals surface area (Å²) in [7, 11) is 0. The lowest BCUT2D eigenvalue weighted by atomic mass is 9.71. The summed E-state index contributed by atoms with van der Waals surface area (Å²) in [6.45, 7) is 2.26. The predicted molar refractivity (Wildman–Crippen MR) is 86.3 cm³/mol. The molecule has 0 spiro atoms. The fraction of sp³-hybridized carbons (Fsp3) is 0.412. The Kier molecular flexibility index (Phi) is 3.34. The van der Waals surface area contributed by atoms with Gasteiger partial charge in [0.15, 0.2) is 0 Å². The lowest BCUT2D eigenvalue weighted by Gasteiger charge is -2.37. The summed E-state index contributed by atoms with van der Waals surface area (Å²) in [5, 5.41) is 14.7. The van der Waals surface area contributed by atoms with Crippen molar-refractivity contribution in [1.82, 2.24) is 24.7 Å². The van der Waals surface area contributed by atoms with Crippen molar-refractivity contribution in [2.24, 2.45) is 11.8 Å². The Morgan fingerprint density at radius 2 is 2.30 bits per heavy atom. The van der Waals surface area contributed by atoms with Gasteiger partial charge in [-0.2, -0.15) is 10.4 Å². The van der Waals surface area contributed by atoms with E-state index in [0.717, 1.165) is 28.2 Å². The topological polar surface area (TPSA) is 83.2 Å². The van der Waals surface area contributed by atoms with Crippen LogP contribution in [0.2, 0.25) is 0 Å². The average Bonchev–Trinajstić information content (AvgIpc) is 3.18. The molecule has 0 aliphatic heterocycles. The van der Waals surface area contributed by atoms with Gasteiger partial charge in [0.2, 0.25) is 0 Å². The van der Waals surface area contributed by atoms with Crippen molar-refractivity contribution in [2.75, 3.05) is 0 Å². The van der Waals surface area contributed by atoms with Gasteiger partial charge >= 0.3 is 0 Å². The van der Waals surface area contributed by atoms with E-state index in [0.29, 0.717) is 12.3 Å². The maximum atomic E-state index is 9.15. The summed E-state index contributed by atoms with van der Waals surface area (Å²) < 4.78 is 1.95. The standard InChI is InChI=1S/C17H18N6/c1-11-6-12(7-11)15(2-4-18)23-9-13(8-22-23)16-14-3-5-19-17(14)21-10-20-16/h3,5,8-12,15H,2,6-7H2,1H3,(H,19,20,21)/t11-,12-,15-/m0/s1. The smallest absolute Gasteiger partial charge is 0.141 e. The third-order valence-corrected chi connectivity index (χ3v) is 4.82. The molecule has 116 valence electrons. The maximum Gasteiger partial charge on any atom is 0.141 e. The first-order chi connectivity index (χ1) is 11.3. The van der Waals surface area contributed by atoms with E-state index in [-0.39, 0.29) is 6.04 Å². The van der Waals surface area contributed by atoms with Gasteiger partial charge in [-0.3, -0.25) is 4.68 Å². The van der Waals surface area contributed by atoms with Gasteiger partial charge in [0.25, 0.3) is 0 Å². The van der Waals surface area contributed by atoms with E-state index in [4.69, 9.17) is 5.26 Å². The molecule has 0 bridgehead atoms. The lowest BCUT2D eigenvalue weighted by Crippen LogP contribution is -2.30.